The molecule has 0 spiro atoms. The van der Waals surface area contributed by atoms with Crippen molar-refractivity contribution >= 4 is 11.6 Å². The quantitative estimate of drug-likeness (QED) is 0.870. The van der Waals surface area contributed by atoms with Crippen LogP contribution in [0.1, 0.15) is 38.2 Å². The normalized spacial score (nSPS) is 17.9. The molecule has 0 bridgehead atoms. The highest BCUT2D eigenvalue weighted by atomic mass is 35.5. The van der Waals surface area contributed by atoms with Gasteiger partial charge in [-0.25, -0.2) is 0 Å². The molecule has 0 heterocycles. The minimum absolute atomic E-state index is 0.550. The first-order chi connectivity index (χ1) is 8.72. The van der Waals surface area contributed by atoms with Gasteiger partial charge >= 0.3 is 0 Å². The van der Waals surface area contributed by atoms with Crippen molar-refractivity contribution < 1.29 is 4.74 Å². The van der Waals surface area contributed by atoms with Gasteiger partial charge in [0.25, 0.3) is 0 Å². The number of benzene rings is 1. The van der Waals surface area contributed by atoms with Gasteiger partial charge in [-0.15, -0.1) is 0 Å². The van der Waals surface area contributed by atoms with Crippen LogP contribution in [0, 0.1) is 5.92 Å². The van der Waals surface area contributed by atoms with Gasteiger partial charge < -0.3 is 10.1 Å². The van der Waals surface area contributed by atoms with E-state index in [1.54, 1.807) is 7.11 Å². The van der Waals surface area contributed by atoms with E-state index in [0.29, 0.717) is 6.04 Å². The zero-order valence-electron chi connectivity index (χ0n) is 11.2. The summed E-state index contributed by atoms with van der Waals surface area (Å²) in [4.78, 5) is 0. The van der Waals surface area contributed by atoms with Crippen LogP contribution < -0.4 is 10.1 Å². The Bertz CT molecular complexity index is 388. The number of halogens is 1. The molecule has 1 N–H and O–H groups in total. The molecule has 1 aliphatic rings. The molecule has 1 unspecified atom stereocenters. The molecule has 18 heavy (non-hydrogen) atoms. The van der Waals surface area contributed by atoms with Gasteiger partial charge in [0.2, 0.25) is 0 Å². The lowest BCUT2D eigenvalue weighted by Crippen LogP contribution is -2.31. The van der Waals surface area contributed by atoms with Crippen LogP contribution in [0.3, 0.4) is 0 Å². The molecule has 0 amide bonds. The molecule has 1 aromatic carbocycles. The van der Waals surface area contributed by atoms with Gasteiger partial charge in [-0.2, -0.15) is 0 Å². The Kier molecular flexibility index (Phi) is 4.90. The number of hydrogen-bond acceptors (Lipinski definition) is 2. The summed E-state index contributed by atoms with van der Waals surface area (Å²) in [5.74, 6) is 1.69. The van der Waals surface area contributed by atoms with Crippen LogP contribution in [0.5, 0.6) is 5.75 Å². The van der Waals surface area contributed by atoms with E-state index in [9.17, 15) is 0 Å². The van der Waals surface area contributed by atoms with Gasteiger partial charge in [0, 0.05) is 23.2 Å². The number of nitrogens with one attached hydrogen (secondary N) is 1. The lowest BCUT2D eigenvalue weighted by atomic mass is 9.99. The summed E-state index contributed by atoms with van der Waals surface area (Å²) < 4.78 is 5.36. The number of ether oxygens (including phenoxy) is 1. The van der Waals surface area contributed by atoms with Crippen molar-refractivity contribution in [1.82, 2.24) is 5.32 Å². The van der Waals surface area contributed by atoms with Gasteiger partial charge in [-0.1, -0.05) is 30.5 Å². The van der Waals surface area contributed by atoms with Crippen molar-refractivity contribution in [2.45, 2.75) is 45.2 Å². The third-order valence-corrected chi connectivity index (χ3v) is 4.36. The third-order valence-electron chi connectivity index (χ3n) is 4.00. The predicted octanol–water partition coefficient (Wildman–Crippen LogP) is 4.02. The Balaban J connectivity index is 1.96. The summed E-state index contributed by atoms with van der Waals surface area (Å²) in [6.45, 7) is 3.06. The predicted molar refractivity (Wildman–Crippen MR) is 76.3 cm³/mol. The third kappa shape index (κ3) is 3.18. The fourth-order valence-electron chi connectivity index (χ4n) is 2.79. The molecular weight excluding hydrogens is 246 g/mol. The molecule has 100 valence electrons. The van der Waals surface area contributed by atoms with E-state index in [4.69, 9.17) is 16.3 Å². The molecule has 0 saturated heterocycles. The van der Waals surface area contributed by atoms with E-state index in [0.717, 1.165) is 28.8 Å². The highest BCUT2D eigenvalue weighted by molar-refractivity contribution is 6.31. The van der Waals surface area contributed by atoms with Crippen LogP contribution in [0.15, 0.2) is 18.2 Å². The maximum absolute atomic E-state index is 6.23. The molecule has 2 nitrogen and oxygen atoms in total. The minimum atomic E-state index is 0.550. The lowest BCUT2D eigenvalue weighted by molar-refractivity contribution is 0.371. The highest BCUT2D eigenvalue weighted by Gasteiger charge is 2.21. The molecule has 3 heteroatoms. The Labute approximate surface area is 115 Å². The summed E-state index contributed by atoms with van der Waals surface area (Å²) in [5.41, 5.74) is 1.06. The van der Waals surface area contributed by atoms with Crippen molar-refractivity contribution in [1.29, 1.82) is 0 Å². The molecule has 0 radical (unpaired) electrons. The van der Waals surface area contributed by atoms with Gasteiger partial charge in [0.15, 0.2) is 0 Å². The average molecular weight is 268 g/mol. The van der Waals surface area contributed by atoms with Crippen molar-refractivity contribution in [3.8, 4) is 5.75 Å². The average Bonchev–Trinajstić information content (AvgIpc) is 2.90. The molecule has 1 aromatic rings. The van der Waals surface area contributed by atoms with E-state index in [1.807, 2.05) is 18.2 Å². The molecule has 1 atom stereocenters. The summed E-state index contributed by atoms with van der Waals surface area (Å²) in [5, 5.41) is 4.37. The molecule has 2 rings (SSSR count). The number of rotatable bonds is 5. The zero-order valence-corrected chi connectivity index (χ0v) is 12.0. The molecular formula is C15H22ClNO. The fraction of sp³-hybridized carbons (Fsp3) is 0.600. The zero-order chi connectivity index (χ0) is 13.0. The van der Waals surface area contributed by atoms with E-state index >= 15 is 0 Å². The van der Waals surface area contributed by atoms with E-state index < -0.39 is 0 Å². The lowest BCUT2D eigenvalue weighted by Gasteiger charge is -2.21. The van der Waals surface area contributed by atoms with Crippen molar-refractivity contribution in [2.24, 2.45) is 5.92 Å². The molecule has 1 saturated carbocycles. The van der Waals surface area contributed by atoms with Crippen LogP contribution >= 0.6 is 11.6 Å². The van der Waals surface area contributed by atoms with Gasteiger partial charge in [-0.3, -0.25) is 0 Å². The fourth-order valence-corrected chi connectivity index (χ4v) is 3.02. The Morgan fingerprint density at radius 2 is 2.11 bits per heavy atom. The number of hydrogen-bond donors (Lipinski definition) is 1. The van der Waals surface area contributed by atoms with Crippen LogP contribution in [0.2, 0.25) is 5.02 Å². The Hall–Kier alpha value is -0.730. The van der Waals surface area contributed by atoms with E-state index in [-0.39, 0.29) is 0 Å². The van der Waals surface area contributed by atoms with E-state index in [1.165, 1.54) is 25.7 Å². The first kappa shape index (κ1) is 13.7. The largest absolute Gasteiger partial charge is 0.496 e. The summed E-state index contributed by atoms with van der Waals surface area (Å²) in [6.07, 6.45) is 5.47. The first-order valence-electron chi connectivity index (χ1n) is 6.77. The summed E-state index contributed by atoms with van der Waals surface area (Å²) in [6, 6.07) is 6.35. The molecule has 1 fully saturated rings. The van der Waals surface area contributed by atoms with Crippen molar-refractivity contribution in [3.05, 3.63) is 28.8 Å². The summed E-state index contributed by atoms with van der Waals surface area (Å²) >= 11 is 6.23. The van der Waals surface area contributed by atoms with Crippen LogP contribution in [-0.4, -0.2) is 13.2 Å². The Morgan fingerprint density at radius 3 is 2.78 bits per heavy atom. The smallest absolute Gasteiger partial charge is 0.124 e. The number of methoxy groups -OCH3 is 1. The second-order valence-electron chi connectivity index (χ2n) is 5.13. The molecule has 0 aromatic heterocycles. The van der Waals surface area contributed by atoms with Crippen LogP contribution in [0.4, 0.5) is 0 Å². The van der Waals surface area contributed by atoms with Crippen LogP contribution in [-0.2, 0) is 6.54 Å². The maximum Gasteiger partial charge on any atom is 0.124 e. The summed E-state index contributed by atoms with van der Waals surface area (Å²) in [7, 11) is 1.69. The standard InChI is InChI=1S/C15H22ClNO/c1-11(12-6-3-4-7-12)17-10-13-14(16)8-5-9-15(13)18-2/h5,8-9,11-12,17H,3-4,6-7,10H2,1-2H3. The van der Waals surface area contributed by atoms with Crippen molar-refractivity contribution in [2.75, 3.05) is 7.11 Å². The van der Waals surface area contributed by atoms with Crippen molar-refractivity contribution in [3.63, 3.8) is 0 Å². The monoisotopic (exact) mass is 267 g/mol. The maximum atomic E-state index is 6.23. The molecule has 1 aliphatic carbocycles. The SMILES string of the molecule is COc1cccc(Cl)c1CNC(C)C1CCCC1. The minimum Gasteiger partial charge on any atom is -0.496 e. The van der Waals surface area contributed by atoms with Gasteiger partial charge in [0.05, 0.1) is 7.11 Å². The Morgan fingerprint density at radius 1 is 1.39 bits per heavy atom. The second-order valence-corrected chi connectivity index (χ2v) is 5.54. The van der Waals surface area contributed by atoms with Gasteiger partial charge in [0.1, 0.15) is 5.75 Å². The highest BCUT2D eigenvalue weighted by Crippen LogP contribution is 2.29. The van der Waals surface area contributed by atoms with Gasteiger partial charge in [-0.05, 0) is 37.8 Å². The van der Waals surface area contributed by atoms with E-state index in [2.05, 4.69) is 12.2 Å². The topological polar surface area (TPSA) is 21.3 Å². The molecule has 0 aliphatic heterocycles. The first-order valence-corrected chi connectivity index (χ1v) is 7.15. The van der Waals surface area contributed by atoms with Crippen LogP contribution in [0.25, 0.3) is 0 Å². The second kappa shape index (κ2) is 6.44.